The van der Waals surface area contributed by atoms with Crippen molar-refractivity contribution in [3.8, 4) is 22.8 Å². The number of nitrogens with two attached hydrogens (primary N) is 4. The van der Waals surface area contributed by atoms with Crippen molar-refractivity contribution in [1.82, 2.24) is 29.0 Å². The Kier molecular flexibility index (Phi) is 28.9. The number of pyridine rings is 5. The summed E-state index contributed by atoms with van der Waals surface area (Å²) in [6.45, 7) is 6.97. The number of hydrogen-bond acceptors (Lipinski definition) is 28. The van der Waals surface area contributed by atoms with Gasteiger partial charge in [0, 0.05) is 158 Å². The number of fused-ring (bicyclic) bond motifs is 15. The minimum absolute atomic E-state index is 0. The van der Waals surface area contributed by atoms with Gasteiger partial charge in [-0.3, -0.25) is 48.1 Å². The summed E-state index contributed by atoms with van der Waals surface area (Å²) in [5.41, 5.74) is 20.1. The molecule has 10 aromatic rings. The molecule has 776 valence electrons. The van der Waals surface area contributed by atoms with Crippen molar-refractivity contribution < 1.29 is 152 Å². The van der Waals surface area contributed by atoms with E-state index in [4.69, 9.17) is 37.1 Å². The summed E-state index contributed by atoms with van der Waals surface area (Å²) >= 11 is 0. The molecule has 5 aromatic carbocycles. The smallest absolute Gasteiger partial charge is 0.458 e. The summed E-state index contributed by atoms with van der Waals surface area (Å²) < 4.78 is 238. The molecule has 2 amide bonds. The molecule has 0 bridgehead atoms. The second kappa shape index (κ2) is 39.9. The molecule has 21 rings (SSSR count). The lowest BCUT2D eigenvalue weighted by Gasteiger charge is -2.31. The van der Waals surface area contributed by atoms with Gasteiger partial charge in [0.05, 0.1) is 93.1 Å². The van der Waals surface area contributed by atoms with Crippen molar-refractivity contribution >= 4 is 117 Å². The van der Waals surface area contributed by atoms with Crippen molar-refractivity contribution in [3.05, 3.63) is 244 Å². The highest BCUT2D eigenvalue weighted by molar-refractivity contribution is 6.11. The molecule has 0 spiro atoms. The van der Waals surface area contributed by atoms with E-state index in [-0.39, 0.29) is 274 Å². The van der Waals surface area contributed by atoms with Crippen LogP contribution in [0.3, 0.4) is 0 Å². The number of cyclic esters (lactones) is 3. The first-order chi connectivity index (χ1) is 68.7. The molecular formula is C97H84ClF16N13O20. The number of aryl methyl sites for hydroxylation is 2. The van der Waals surface area contributed by atoms with E-state index in [1.54, 1.807) is 26.8 Å². The van der Waals surface area contributed by atoms with E-state index in [0.717, 1.165) is 24.3 Å². The normalized spacial score (nSPS) is 21.1. The highest BCUT2D eigenvalue weighted by Crippen LogP contribution is 2.50. The van der Waals surface area contributed by atoms with Crippen LogP contribution in [0.25, 0.3) is 44.6 Å². The minimum Gasteiger partial charge on any atom is -0.458 e. The van der Waals surface area contributed by atoms with Crippen LogP contribution in [0.2, 0.25) is 0 Å². The van der Waals surface area contributed by atoms with Crippen LogP contribution in [0.4, 0.5) is 87.3 Å². The minimum atomic E-state index is -4.96. The Balaban J connectivity index is 0.000000136. The third-order valence-electron chi connectivity index (χ3n) is 27.3. The summed E-state index contributed by atoms with van der Waals surface area (Å²) in [4.78, 5) is 162. The Morgan fingerprint density at radius 2 is 0.830 bits per heavy atom. The summed E-state index contributed by atoms with van der Waals surface area (Å²) in [6, 6.07) is 4.73. The Hall–Kier alpha value is -14.7. The second-order valence-electron chi connectivity index (χ2n) is 35.7. The molecule has 6 aliphatic heterocycles. The first-order valence-corrected chi connectivity index (χ1v) is 45.2. The standard InChI is InChI=1S/C25H18F5N3O5.C23H19F2N3O4.C14H14F2N2O3.C13H13NO5.C12H9F5N2O2.C10H10F2N2O.ClH/c1-2-24(36)13-5-17-21-11(7-33(17)22(34)12(13)8-37-23(24)35)19-15(31-9-38-25(28,29)30)4-3-10-18(19)16(32-21)6-14(26)20(10)27;1-2-23(31)12-5-16-20-10(7-28(16)21(29)11(12)8-32-22(23)30)17-14(26)4-3-9-18(17)15(27-20)6-13(24)19(9)25;1-6(19)17-10-4-3-8-12(14(10)21)11(18-7(2)20)5-9(15)13(8)16;1-2-13(18)8-5-9-10(15)3-4-14(9)11(16)7(8)6-19-12(13)17;13-6-3-7(18)9-5(10(6)14)1-2-8(11(9)20)19-4-21-12(15,16)17;11-5-3-7(14)8-4(9(5)12)1-2-6(13)10(8)15;/h5-6,9,15,36H,2-4,7-8H2,1H3;5-6,14,31H,2-4,7-8,26H2,1H3;5,10H,3-4H2,1-2H3,(H,17,19)(H,18,20);5,18H,2-4,6H2,1H3;3-4,8H,1-2,18H2;3,6H,1-2,13-14H2;1H/t15?,24-;14?,23-;;13-;;;/m00.0.../s1. The van der Waals surface area contributed by atoms with Gasteiger partial charge in [-0.05, 0) is 113 Å². The first-order valence-electron chi connectivity index (χ1n) is 45.2. The number of benzene rings is 5. The number of rotatable bonds is 9. The molecule has 11 aliphatic rings. The highest BCUT2D eigenvalue weighted by Gasteiger charge is 2.51. The van der Waals surface area contributed by atoms with E-state index in [0.29, 0.717) is 70.9 Å². The third kappa shape index (κ3) is 18.8. The molecule has 5 aromatic heterocycles. The van der Waals surface area contributed by atoms with Gasteiger partial charge in [0.15, 0.2) is 111 Å². The Morgan fingerprint density at radius 3 is 1.29 bits per heavy atom. The van der Waals surface area contributed by atoms with Crippen LogP contribution in [0.15, 0.2) is 72.9 Å². The maximum Gasteiger partial charge on any atom is 0.573 e. The predicted molar refractivity (Wildman–Crippen MR) is 487 cm³/mol. The molecule has 50 heteroatoms. The number of carbonyl (C=O) groups excluding carboxylic acids is 9. The van der Waals surface area contributed by atoms with Crippen molar-refractivity contribution in [3.63, 3.8) is 0 Å². The molecule has 0 saturated heterocycles. The lowest BCUT2D eigenvalue weighted by molar-refractivity contribution is -0.281. The number of esters is 3. The number of alkyl halides is 6. The van der Waals surface area contributed by atoms with Crippen LogP contribution in [0.1, 0.15) is 230 Å². The lowest BCUT2D eigenvalue weighted by atomic mass is 9.83. The molecule has 8 atom stereocenters. The molecule has 11 heterocycles. The number of nitrogen functional groups attached to an aromatic ring is 2. The lowest BCUT2D eigenvalue weighted by Crippen LogP contribution is -2.44. The van der Waals surface area contributed by atoms with Crippen LogP contribution >= 0.6 is 12.4 Å². The number of amides is 2. The van der Waals surface area contributed by atoms with Crippen LogP contribution in [0, 0.1) is 58.2 Å². The zero-order chi connectivity index (χ0) is 106. The highest BCUT2D eigenvalue weighted by atomic mass is 35.5. The van der Waals surface area contributed by atoms with Crippen LogP contribution in [-0.4, -0.2) is 135 Å². The SMILES string of the molecule is CC(=O)Nc1cc(F)c(F)c2c1C(=O)C(NC(C)=O)CC2.CC[C@@]1(O)C(=O)OCc2c1cc1n(c2=O)CCC1=O.CC[C@@]1(O)C(=O)OCc2c1cc1n(c2=O)Cc2c-1nc1cc(F)c(F)c3c1c2C(N)CC3.CC[C@@]1(O)C(=O)OCc2c1cc1n(c2=O)Cc2c-1nc1cc(F)c(F)c3c1c2C(N=COC(F)(F)F)CC3.Cl.Nc1cc(F)c(F)c2c1C(=O)C(N)CC2.Nc1cc(F)c(F)c2c1C(=O)C(N=COC(F)(F)F)CC2. The quantitative estimate of drug-likeness (QED) is 0.0162. The van der Waals surface area contributed by atoms with E-state index in [2.05, 4.69) is 40.1 Å². The summed E-state index contributed by atoms with van der Waals surface area (Å²) in [6.07, 6.45) is -7.64. The Labute approximate surface area is 823 Å². The number of ketones is 4. The fourth-order valence-corrected chi connectivity index (χ4v) is 20.1. The van der Waals surface area contributed by atoms with Gasteiger partial charge in [-0.1, -0.05) is 20.8 Å². The average molecular weight is 2090 g/mol. The summed E-state index contributed by atoms with van der Waals surface area (Å²) in [7, 11) is 0. The number of aromatic nitrogens is 5. The number of aliphatic imine (C=N–C) groups is 2. The van der Waals surface area contributed by atoms with Crippen molar-refractivity contribution in [1.29, 1.82) is 0 Å². The van der Waals surface area contributed by atoms with Crippen LogP contribution < -0.4 is 50.2 Å². The van der Waals surface area contributed by atoms with Crippen LogP contribution in [-0.2, 0) is 136 Å². The fourth-order valence-electron chi connectivity index (χ4n) is 20.1. The molecule has 147 heavy (non-hydrogen) atoms. The van der Waals surface area contributed by atoms with Crippen molar-refractivity contribution in [2.75, 3.05) is 16.8 Å². The largest absolute Gasteiger partial charge is 0.573 e. The molecule has 5 aliphatic carbocycles. The Bertz CT molecular complexity index is 7640. The number of nitrogens with zero attached hydrogens (tertiary/aromatic N) is 7. The van der Waals surface area contributed by atoms with Gasteiger partial charge < -0.3 is 86.3 Å². The van der Waals surface area contributed by atoms with Gasteiger partial charge in [0.1, 0.15) is 25.9 Å². The molecule has 13 N–H and O–H groups in total. The summed E-state index contributed by atoms with van der Waals surface area (Å²) in [5.74, 6) is -15.9. The number of Topliss-reactive ketones (excluding diaryl/α,β-unsaturated/α-hetero) is 4. The number of halogens is 17. The fraction of sp³-hybridized carbons (Fsp3) is 0.361. The first kappa shape index (κ1) is 107. The third-order valence-corrected chi connectivity index (χ3v) is 27.3. The molecule has 5 unspecified atom stereocenters. The molecular weight excluding hydrogens is 2010 g/mol. The topological polar surface area (TPSA) is 505 Å². The van der Waals surface area contributed by atoms with Crippen LogP contribution in [0.5, 0.6) is 0 Å². The zero-order valence-corrected chi connectivity index (χ0v) is 78.3. The molecule has 0 fully saturated rings. The maximum atomic E-state index is 14.8. The molecule has 0 radical (unpaired) electrons. The number of nitrogens with one attached hydrogen (secondary N) is 2. The number of aliphatic hydroxyl groups is 3. The van der Waals surface area contributed by atoms with Crippen molar-refractivity contribution in [2.24, 2.45) is 21.5 Å². The van der Waals surface area contributed by atoms with Gasteiger partial charge in [0.2, 0.25) is 11.8 Å². The molecule has 0 saturated carbocycles. The van der Waals surface area contributed by atoms with E-state index in [1.807, 2.05) is 0 Å². The average Bonchev–Trinajstić information content (AvgIpc) is 1.54. The summed E-state index contributed by atoms with van der Waals surface area (Å²) in [5, 5.41) is 37.9. The van der Waals surface area contributed by atoms with E-state index in [1.165, 1.54) is 39.7 Å². The maximum absolute atomic E-state index is 14.8. The van der Waals surface area contributed by atoms with Gasteiger partial charge in [-0.2, -0.15) is 0 Å². The zero-order valence-electron chi connectivity index (χ0n) is 77.5. The van der Waals surface area contributed by atoms with Gasteiger partial charge >= 0.3 is 30.6 Å². The number of ether oxygens (including phenoxy) is 5. The van der Waals surface area contributed by atoms with Gasteiger partial charge in [0.25, 0.3) is 16.7 Å². The van der Waals surface area contributed by atoms with Gasteiger partial charge in [-0.15, -0.1) is 38.7 Å². The second-order valence-corrected chi connectivity index (χ2v) is 35.7. The number of carbonyl (C=O) groups is 9. The van der Waals surface area contributed by atoms with E-state index in [9.17, 15) is 143 Å². The predicted octanol–water partition coefficient (Wildman–Crippen LogP) is 11.9. The van der Waals surface area contributed by atoms with E-state index < -0.39 is 170 Å². The number of hydrogen-bond donors (Lipinski definition) is 9. The van der Waals surface area contributed by atoms with E-state index >= 15 is 0 Å². The van der Waals surface area contributed by atoms with Gasteiger partial charge in [-0.25, -0.2) is 73.2 Å². The number of anilines is 3. The Morgan fingerprint density at radius 1 is 0.456 bits per heavy atom. The van der Waals surface area contributed by atoms with Crippen molar-refractivity contribution in [2.45, 2.75) is 224 Å². The monoisotopic (exact) mass is 2090 g/mol. The molecule has 33 nitrogen and oxygen atoms in total.